The van der Waals surface area contributed by atoms with E-state index in [9.17, 15) is 4.79 Å². The van der Waals surface area contributed by atoms with Crippen LogP contribution in [0, 0.1) is 0 Å². The van der Waals surface area contributed by atoms with E-state index in [1.807, 2.05) is 24.3 Å². The number of rotatable bonds is 2. The maximum absolute atomic E-state index is 10.9. The monoisotopic (exact) mass is 255 g/mol. The molecule has 0 aliphatic heterocycles. The van der Waals surface area contributed by atoms with Crippen LogP contribution in [-0.4, -0.2) is 13.1 Å². The Hall–Kier alpha value is -1.29. The zero-order chi connectivity index (χ0) is 10.6. The summed E-state index contributed by atoms with van der Waals surface area (Å²) in [6.45, 7) is 0. The van der Waals surface area contributed by atoms with Gasteiger partial charge in [-0.2, -0.15) is 0 Å². The number of esters is 1. The lowest BCUT2D eigenvalue weighted by molar-refractivity contribution is -0.134. The van der Waals surface area contributed by atoms with Gasteiger partial charge in [0.2, 0.25) is 0 Å². The molecule has 0 aliphatic carbocycles. The highest BCUT2D eigenvalue weighted by Crippen LogP contribution is 2.14. The summed E-state index contributed by atoms with van der Waals surface area (Å²) in [6, 6.07) is 7.35. The highest BCUT2D eigenvalue weighted by Gasteiger charge is 2.00. The molecule has 0 aromatic heterocycles. The van der Waals surface area contributed by atoms with Crippen molar-refractivity contribution in [1.82, 2.24) is 0 Å². The van der Waals surface area contributed by atoms with Crippen molar-refractivity contribution in [2.75, 3.05) is 7.11 Å². The Morgan fingerprint density at radius 3 is 2.50 bits per heavy atom. The van der Waals surface area contributed by atoms with Crippen LogP contribution in [0.1, 0.15) is 5.56 Å². The number of hydrogen-bond donors (Lipinski definition) is 1. The fraction of sp³-hybridized carbons (Fsp3) is 0.100. The van der Waals surface area contributed by atoms with Crippen LogP contribution in [0.15, 0.2) is 34.8 Å². The van der Waals surface area contributed by atoms with Crippen LogP contribution in [0.25, 0.3) is 5.70 Å². The summed E-state index contributed by atoms with van der Waals surface area (Å²) in [5, 5.41) is 0. The third-order valence-electron chi connectivity index (χ3n) is 1.65. The topological polar surface area (TPSA) is 52.3 Å². The van der Waals surface area contributed by atoms with Crippen molar-refractivity contribution in [3.63, 3.8) is 0 Å². The smallest absolute Gasteiger partial charge is 0.332 e. The van der Waals surface area contributed by atoms with E-state index >= 15 is 0 Å². The molecule has 0 saturated heterocycles. The van der Waals surface area contributed by atoms with Crippen LogP contribution < -0.4 is 5.73 Å². The summed E-state index contributed by atoms with van der Waals surface area (Å²) in [6.07, 6.45) is 1.25. The second-order valence-corrected chi connectivity index (χ2v) is 3.55. The van der Waals surface area contributed by atoms with Crippen LogP contribution in [0.2, 0.25) is 0 Å². The van der Waals surface area contributed by atoms with Crippen LogP contribution >= 0.6 is 15.9 Å². The molecule has 14 heavy (non-hydrogen) atoms. The number of nitrogens with two attached hydrogens (primary N) is 1. The maximum atomic E-state index is 10.9. The van der Waals surface area contributed by atoms with Gasteiger partial charge >= 0.3 is 5.97 Å². The number of benzene rings is 1. The van der Waals surface area contributed by atoms with Crippen LogP contribution in [0.5, 0.6) is 0 Å². The van der Waals surface area contributed by atoms with Gasteiger partial charge in [-0.1, -0.05) is 28.1 Å². The van der Waals surface area contributed by atoms with Gasteiger partial charge in [-0.15, -0.1) is 0 Å². The van der Waals surface area contributed by atoms with E-state index in [1.165, 1.54) is 13.2 Å². The molecule has 0 fully saturated rings. The number of carbonyl (C=O) groups excluding carboxylic acids is 1. The number of methoxy groups -OCH3 is 1. The Morgan fingerprint density at radius 1 is 1.43 bits per heavy atom. The third-order valence-corrected chi connectivity index (χ3v) is 2.18. The first-order chi connectivity index (χ1) is 6.63. The minimum atomic E-state index is -0.453. The van der Waals surface area contributed by atoms with Gasteiger partial charge in [0.05, 0.1) is 7.11 Å². The number of hydrogen-bond acceptors (Lipinski definition) is 3. The Bertz CT molecular complexity index is 357. The minimum Gasteiger partial charge on any atom is -0.466 e. The summed E-state index contributed by atoms with van der Waals surface area (Å²) in [5.41, 5.74) is 6.85. The first-order valence-corrected chi connectivity index (χ1v) is 4.74. The standard InChI is InChI=1S/C10H10BrNO2/c1-14-10(13)6-9(12)7-2-4-8(11)5-3-7/h2-6H,12H2,1H3. The Labute approximate surface area is 90.7 Å². The van der Waals surface area contributed by atoms with Crippen molar-refractivity contribution in [1.29, 1.82) is 0 Å². The maximum Gasteiger partial charge on any atom is 0.332 e. The van der Waals surface area contributed by atoms with Crippen molar-refractivity contribution < 1.29 is 9.53 Å². The largest absolute Gasteiger partial charge is 0.466 e. The second-order valence-electron chi connectivity index (χ2n) is 2.63. The molecule has 0 unspecified atom stereocenters. The van der Waals surface area contributed by atoms with Crippen LogP contribution in [-0.2, 0) is 9.53 Å². The summed E-state index contributed by atoms with van der Waals surface area (Å²) in [7, 11) is 1.31. The fourth-order valence-electron chi connectivity index (χ4n) is 0.912. The molecule has 0 spiro atoms. The molecule has 0 heterocycles. The van der Waals surface area contributed by atoms with Gasteiger partial charge in [0.25, 0.3) is 0 Å². The quantitative estimate of drug-likeness (QED) is 0.649. The molecule has 74 valence electrons. The van der Waals surface area contributed by atoms with E-state index in [-0.39, 0.29) is 0 Å². The Balaban J connectivity index is 2.89. The number of carbonyl (C=O) groups is 1. The van der Waals surface area contributed by atoms with E-state index in [0.717, 1.165) is 10.0 Å². The lowest BCUT2D eigenvalue weighted by atomic mass is 10.1. The molecular formula is C10H10BrNO2. The molecule has 0 radical (unpaired) electrons. The molecule has 1 aromatic carbocycles. The molecule has 0 amide bonds. The first-order valence-electron chi connectivity index (χ1n) is 3.94. The minimum absolute atomic E-state index is 0.393. The third kappa shape index (κ3) is 2.88. The van der Waals surface area contributed by atoms with E-state index in [2.05, 4.69) is 20.7 Å². The lowest BCUT2D eigenvalue weighted by Gasteiger charge is -2.00. The summed E-state index contributed by atoms with van der Waals surface area (Å²) in [4.78, 5) is 10.9. The zero-order valence-electron chi connectivity index (χ0n) is 7.66. The molecule has 1 rings (SSSR count). The molecule has 0 atom stereocenters. The normalized spacial score (nSPS) is 11.1. The van der Waals surface area contributed by atoms with Gasteiger partial charge < -0.3 is 10.5 Å². The molecule has 0 bridgehead atoms. The van der Waals surface area contributed by atoms with Gasteiger partial charge in [-0.3, -0.25) is 0 Å². The second kappa shape index (κ2) is 4.81. The summed E-state index contributed by atoms with van der Waals surface area (Å²) < 4.78 is 5.43. The lowest BCUT2D eigenvalue weighted by Crippen LogP contribution is -2.02. The highest BCUT2D eigenvalue weighted by molar-refractivity contribution is 9.10. The molecule has 3 nitrogen and oxygen atoms in total. The average molecular weight is 256 g/mol. The van der Waals surface area contributed by atoms with Crippen molar-refractivity contribution in [2.24, 2.45) is 5.73 Å². The van der Waals surface area contributed by atoms with Gasteiger partial charge in [0.1, 0.15) is 0 Å². The Kier molecular flexibility index (Phi) is 3.71. The van der Waals surface area contributed by atoms with Gasteiger partial charge in [0.15, 0.2) is 0 Å². The van der Waals surface area contributed by atoms with Crippen molar-refractivity contribution >= 4 is 27.6 Å². The highest BCUT2D eigenvalue weighted by atomic mass is 79.9. The molecule has 0 saturated carbocycles. The van der Waals surface area contributed by atoms with E-state index < -0.39 is 5.97 Å². The van der Waals surface area contributed by atoms with E-state index in [0.29, 0.717) is 5.70 Å². The zero-order valence-corrected chi connectivity index (χ0v) is 9.24. The average Bonchev–Trinajstić information content (AvgIpc) is 2.18. The van der Waals surface area contributed by atoms with Gasteiger partial charge in [-0.05, 0) is 17.7 Å². The van der Waals surface area contributed by atoms with Crippen molar-refractivity contribution in [3.05, 3.63) is 40.4 Å². The predicted molar refractivity (Wildman–Crippen MR) is 58.3 cm³/mol. The van der Waals surface area contributed by atoms with Gasteiger partial charge in [-0.25, -0.2) is 4.79 Å². The molecular weight excluding hydrogens is 246 g/mol. The molecule has 0 aliphatic rings. The molecule has 1 aromatic rings. The first kappa shape index (κ1) is 10.8. The van der Waals surface area contributed by atoms with E-state index in [4.69, 9.17) is 5.73 Å². The number of halogens is 1. The molecule has 4 heteroatoms. The Morgan fingerprint density at radius 2 is 2.00 bits per heavy atom. The van der Waals surface area contributed by atoms with Crippen molar-refractivity contribution in [2.45, 2.75) is 0 Å². The SMILES string of the molecule is COC(=O)C=C(N)c1ccc(Br)cc1. The van der Waals surface area contributed by atoms with Gasteiger partial charge in [0, 0.05) is 16.2 Å². The van der Waals surface area contributed by atoms with Crippen LogP contribution in [0.4, 0.5) is 0 Å². The predicted octanol–water partition coefficient (Wildman–Crippen LogP) is 1.92. The number of ether oxygens (including phenoxy) is 1. The van der Waals surface area contributed by atoms with Crippen LogP contribution in [0.3, 0.4) is 0 Å². The van der Waals surface area contributed by atoms with Crippen molar-refractivity contribution in [3.8, 4) is 0 Å². The summed E-state index contributed by atoms with van der Waals surface area (Å²) >= 11 is 3.31. The summed E-state index contributed by atoms with van der Waals surface area (Å²) in [5.74, 6) is -0.453. The van der Waals surface area contributed by atoms with E-state index in [1.54, 1.807) is 0 Å². The fourth-order valence-corrected chi connectivity index (χ4v) is 1.18. The molecule has 2 N–H and O–H groups in total.